The number of hydrogen-bond acceptors (Lipinski definition) is 1. The van der Waals surface area contributed by atoms with Gasteiger partial charge in [-0.05, 0) is 43.9 Å². The van der Waals surface area contributed by atoms with Crippen molar-refractivity contribution in [3.63, 3.8) is 0 Å². The van der Waals surface area contributed by atoms with E-state index in [9.17, 15) is 0 Å². The maximum atomic E-state index is 8.84. The van der Waals surface area contributed by atoms with Gasteiger partial charge in [0.05, 0.1) is 6.61 Å². The van der Waals surface area contributed by atoms with Crippen molar-refractivity contribution in [3.8, 4) is 0 Å². The first kappa shape index (κ1) is 22.4. The van der Waals surface area contributed by atoms with E-state index in [1.165, 1.54) is 61.4 Å². The lowest BCUT2D eigenvalue weighted by Gasteiger charge is -2.15. The van der Waals surface area contributed by atoms with E-state index in [1.807, 2.05) is 6.08 Å². The van der Waals surface area contributed by atoms with Crippen LogP contribution in [0, 0.1) is 17.8 Å². The highest BCUT2D eigenvalue weighted by atomic mass is 127. The first-order valence-electron chi connectivity index (χ1n) is 9.32. The molecule has 0 aromatic heterocycles. The third-order valence-corrected chi connectivity index (χ3v) is 6.26. The predicted octanol–water partition coefficient (Wildman–Crippen LogP) is 6.78. The van der Waals surface area contributed by atoms with Crippen molar-refractivity contribution in [2.45, 2.75) is 85.5 Å². The minimum absolute atomic E-state index is 0.190. The van der Waals surface area contributed by atoms with Crippen LogP contribution in [0.1, 0.15) is 85.5 Å². The summed E-state index contributed by atoms with van der Waals surface area (Å²) in [6.07, 6.45) is 14.1. The molecule has 1 nitrogen and oxygen atoms in total. The molecule has 0 fully saturated rings. The molecule has 1 N–H and O–H groups in total. The molecule has 0 rings (SSSR count). The summed E-state index contributed by atoms with van der Waals surface area (Å²) in [4.78, 5) is 0. The van der Waals surface area contributed by atoms with Crippen LogP contribution in [0.3, 0.4) is 0 Å². The molecule has 0 saturated heterocycles. The average molecular weight is 422 g/mol. The average Bonchev–Trinajstić information content (AvgIpc) is 2.47. The number of rotatable bonds is 14. The molecule has 0 saturated carbocycles. The predicted molar refractivity (Wildman–Crippen MR) is 109 cm³/mol. The van der Waals surface area contributed by atoms with Gasteiger partial charge < -0.3 is 5.11 Å². The molecule has 22 heavy (non-hydrogen) atoms. The van der Waals surface area contributed by atoms with Crippen molar-refractivity contribution in [1.82, 2.24) is 0 Å². The van der Waals surface area contributed by atoms with Gasteiger partial charge in [-0.3, -0.25) is 0 Å². The van der Waals surface area contributed by atoms with Crippen LogP contribution in [-0.4, -0.2) is 16.1 Å². The van der Waals surface area contributed by atoms with Crippen molar-refractivity contribution in [2.75, 3.05) is 11.0 Å². The van der Waals surface area contributed by atoms with Gasteiger partial charge in [-0.15, -0.1) is 0 Å². The summed E-state index contributed by atoms with van der Waals surface area (Å²) >= 11 is 2.50. The van der Waals surface area contributed by atoms with Crippen LogP contribution in [0.5, 0.6) is 0 Å². The molecule has 3 unspecified atom stereocenters. The zero-order valence-electron chi connectivity index (χ0n) is 15.4. The Labute approximate surface area is 153 Å². The Hall–Kier alpha value is 0.430. The highest BCUT2D eigenvalue weighted by Crippen LogP contribution is 2.22. The second-order valence-corrected chi connectivity index (χ2v) is 8.34. The van der Waals surface area contributed by atoms with Crippen LogP contribution in [0.15, 0.2) is 11.6 Å². The van der Waals surface area contributed by atoms with E-state index in [0.717, 1.165) is 24.2 Å². The topological polar surface area (TPSA) is 20.2 Å². The van der Waals surface area contributed by atoms with E-state index >= 15 is 0 Å². The number of allylic oxidation sites excluding steroid dienone is 1. The molecule has 2 heteroatoms. The Balaban J connectivity index is 3.54. The van der Waals surface area contributed by atoms with Gasteiger partial charge in [-0.2, -0.15) is 0 Å². The van der Waals surface area contributed by atoms with Gasteiger partial charge >= 0.3 is 0 Å². The Kier molecular flexibility index (Phi) is 15.3. The van der Waals surface area contributed by atoms with E-state index in [4.69, 9.17) is 5.11 Å². The lowest BCUT2D eigenvalue weighted by Crippen LogP contribution is -2.01. The van der Waals surface area contributed by atoms with Gasteiger partial charge in [-0.1, -0.05) is 93.5 Å². The molecule has 0 amide bonds. The van der Waals surface area contributed by atoms with Gasteiger partial charge in [0.2, 0.25) is 0 Å². The third kappa shape index (κ3) is 14.0. The maximum Gasteiger partial charge on any atom is 0.0614 e. The van der Waals surface area contributed by atoms with E-state index in [2.05, 4.69) is 50.3 Å². The molecule has 0 aliphatic rings. The van der Waals surface area contributed by atoms with E-state index in [-0.39, 0.29) is 6.61 Å². The zero-order chi connectivity index (χ0) is 16.8. The van der Waals surface area contributed by atoms with Gasteiger partial charge in [0.15, 0.2) is 0 Å². The first-order valence-corrected chi connectivity index (χ1v) is 10.8. The Morgan fingerprint density at radius 1 is 0.864 bits per heavy atom. The van der Waals surface area contributed by atoms with E-state index in [1.54, 1.807) is 0 Å². The van der Waals surface area contributed by atoms with E-state index < -0.39 is 0 Å². The van der Waals surface area contributed by atoms with Crippen LogP contribution >= 0.6 is 22.6 Å². The van der Waals surface area contributed by atoms with Crippen molar-refractivity contribution < 1.29 is 5.11 Å². The molecule has 3 atom stereocenters. The second-order valence-electron chi connectivity index (χ2n) is 7.46. The summed E-state index contributed by atoms with van der Waals surface area (Å²) in [6, 6.07) is 0. The van der Waals surface area contributed by atoms with Gasteiger partial charge in [0, 0.05) is 4.43 Å². The van der Waals surface area contributed by atoms with Crippen LogP contribution in [-0.2, 0) is 0 Å². The molecule has 0 aromatic rings. The highest BCUT2D eigenvalue weighted by Gasteiger charge is 2.07. The number of aliphatic hydroxyl groups is 1. The smallest absolute Gasteiger partial charge is 0.0614 e. The number of alkyl halides is 1. The fourth-order valence-electron chi connectivity index (χ4n) is 2.98. The summed E-state index contributed by atoms with van der Waals surface area (Å²) in [5, 5.41) is 8.84. The summed E-state index contributed by atoms with van der Waals surface area (Å²) in [5.41, 5.74) is 1.34. The number of hydrogen-bond donors (Lipinski definition) is 1. The minimum Gasteiger partial charge on any atom is -0.392 e. The lowest BCUT2D eigenvalue weighted by atomic mass is 9.91. The Morgan fingerprint density at radius 3 is 1.77 bits per heavy atom. The molecule has 0 bridgehead atoms. The van der Waals surface area contributed by atoms with Gasteiger partial charge in [0.1, 0.15) is 0 Å². The standard InChI is InChI=1S/C20H39IO/c1-17(10-6-12-19(3)14-15-22)8-5-9-18(2)11-7-13-20(4)16-21/h14,17-18,20,22H,5-13,15-16H2,1-4H3/b19-14+. The molecule has 132 valence electrons. The monoisotopic (exact) mass is 422 g/mol. The van der Waals surface area contributed by atoms with Crippen LogP contribution in [0.2, 0.25) is 0 Å². The normalized spacial score (nSPS) is 16.5. The molecular formula is C20H39IO. The Bertz CT molecular complexity index is 275. The third-order valence-electron chi connectivity index (χ3n) is 4.76. The Morgan fingerprint density at radius 2 is 1.32 bits per heavy atom. The highest BCUT2D eigenvalue weighted by molar-refractivity contribution is 14.1. The molecule has 0 heterocycles. The fourth-order valence-corrected chi connectivity index (χ4v) is 3.42. The fraction of sp³-hybridized carbons (Fsp3) is 0.900. The zero-order valence-corrected chi connectivity index (χ0v) is 17.6. The quantitative estimate of drug-likeness (QED) is 0.186. The molecule has 0 spiro atoms. The summed E-state index contributed by atoms with van der Waals surface area (Å²) in [5.74, 6) is 2.66. The van der Waals surface area contributed by atoms with Crippen LogP contribution in [0.25, 0.3) is 0 Å². The van der Waals surface area contributed by atoms with Crippen molar-refractivity contribution in [3.05, 3.63) is 11.6 Å². The van der Waals surface area contributed by atoms with E-state index in [0.29, 0.717) is 0 Å². The van der Waals surface area contributed by atoms with Crippen molar-refractivity contribution in [1.29, 1.82) is 0 Å². The summed E-state index contributed by atoms with van der Waals surface area (Å²) < 4.78 is 1.30. The van der Waals surface area contributed by atoms with Gasteiger partial charge in [-0.25, -0.2) is 0 Å². The largest absolute Gasteiger partial charge is 0.392 e. The number of halogens is 1. The first-order chi connectivity index (χ1) is 10.5. The van der Waals surface area contributed by atoms with Crippen molar-refractivity contribution in [2.24, 2.45) is 17.8 Å². The molecule has 0 radical (unpaired) electrons. The molecule has 0 aliphatic carbocycles. The molecular weight excluding hydrogens is 383 g/mol. The summed E-state index contributed by atoms with van der Waals surface area (Å²) in [6.45, 7) is 9.52. The second kappa shape index (κ2) is 15.0. The van der Waals surface area contributed by atoms with Crippen molar-refractivity contribution >= 4 is 22.6 Å². The molecule has 0 aliphatic heterocycles. The molecule has 0 aromatic carbocycles. The lowest BCUT2D eigenvalue weighted by molar-refractivity contribution is 0.341. The van der Waals surface area contributed by atoms with Crippen LogP contribution in [0.4, 0.5) is 0 Å². The number of aliphatic hydroxyl groups excluding tert-OH is 1. The maximum absolute atomic E-state index is 8.84. The summed E-state index contributed by atoms with van der Waals surface area (Å²) in [7, 11) is 0. The minimum atomic E-state index is 0.190. The van der Waals surface area contributed by atoms with Gasteiger partial charge in [0.25, 0.3) is 0 Å². The SMILES string of the molecule is C/C(=C\CO)CCCC(C)CCCC(C)CCCC(C)CI. The van der Waals surface area contributed by atoms with Crippen LogP contribution < -0.4 is 0 Å².